The Labute approximate surface area is 591 Å². The number of quaternary nitrogens is 1. The Kier molecular flexibility index (Phi) is 70.5. The Hall–Kier alpha value is -4.89. The predicted molar refractivity (Wildman–Crippen MR) is 417 cm³/mol. The normalized spacial score (nSPS) is 14.1. The molecule has 0 aliphatic rings. The number of carbonyl (C=O) groups excluding carboxylic acids is 2. The molecular weight excluding hydrogens is 1210 g/mol. The van der Waals surface area contributed by atoms with Crippen LogP contribution in [-0.4, -0.2) is 74.9 Å². The summed E-state index contributed by atoms with van der Waals surface area (Å²) in [5, 5.41) is 0. The third kappa shape index (κ3) is 78.1. The summed E-state index contributed by atoms with van der Waals surface area (Å²) >= 11 is 0. The van der Waals surface area contributed by atoms with Gasteiger partial charge in [-0.3, -0.25) is 18.6 Å². The standard InChI is InChI=1S/C86H142NO8P/c1-6-8-10-12-14-16-18-20-22-24-26-28-30-32-34-36-38-40-42-43-45-47-49-51-53-55-57-59-61-63-65-67-69-71-73-75-77-79-86(89)95-84(83-94-96(90,91)93-81-80-87(3,4)5)82-92-85(88)78-76-74-72-70-68-66-64-62-60-58-56-54-52-50-48-46-44-41-39-37-35-33-31-29-27-25-23-21-19-17-15-13-11-9-7-2/h8-11,14-17,20-23,26-29,32-35,38-41,43,45-46,48-49,51,84H,6-7,12-13,18-19,24-25,30-31,36-37,42,44,47,50,52-83H2,1-5H3/p+1/b10-8-,11-9-,16-14-,17-15-,22-20-,23-21-,28-26-,29-27-,34-32-,35-33-,40-38-,41-39-,45-43-,48-46-,51-49-. The molecule has 0 saturated carbocycles. The predicted octanol–water partition coefficient (Wildman–Crippen LogP) is 25.8. The lowest BCUT2D eigenvalue weighted by Gasteiger charge is -2.24. The summed E-state index contributed by atoms with van der Waals surface area (Å²) in [5.74, 6) is -0.805. The van der Waals surface area contributed by atoms with E-state index in [0.29, 0.717) is 17.4 Å². The van der Waals surface area contributed by atoms with Crippen LogP contribution in [0, 0.1) is 0 Å². The molecule has 0 aromatic rings. The van der Waals surface area contributed by atoms with Crippen LogP contribution in [0.15, 0.2) is 182 Å². The monoisotopic (exact) mass is 1350 g/mol. The lowest BCUT2D eigenvalue weighted by molar-refractivity contribution is -0.870. The minimum atomic E-state index is -4.41. The van der Waals surface area contributed by atoms with Crippen molar-refractivity contribution in [2.45, 2.75) is 302 Å². The van der Waals surface area contributed by atoms with Gasteiger partial charge in [-0.25, -0.2) is 4.57 Å². The Morgan fingerprint density at radius 3 is 0.833 bits per heavy atom. The molecule has 0 rings (SSSR count). The van der Waals surface area contributed by atoms with Crippen LogP contribution in [0.3, 0.4) is 0 Å². The molecule has 0 amide bonds. The summed E-state index contributed by atoms with van der Waals surface area (Å²) in [6, 6.07) is 0. The van der Waals surface area contributed by atoms with Crippen molar-refractivity contribution in [1.29, 1.82) is 0 Å². The maximum Gasteiger partial charge on any atom is 0.472 e. The topological polar surface area (TPSA) is 108 Å². The van der Waals surface area contributed by atoms with Crippen molar-refractivity contribution in [3.8, 4) is 0 Å². The third-order valence-corrected chi connectivity index (χ3v) is 16.9. The van der Waals surface area contributed by atoms with Crippen LogP contribution < -0.4 is 0 Å². The van der Waals surface area contributed by atoms with Crippen LogP contribution in [0.2, 0.25) is 0 Å². The average molecular weight is 1350 g/mol. The highest BCUT2D eigenvalue weighted by molar-refractivity contribution is 7.47. The molecule has 2 unspecified atom stereocenters. The summed E-state index contributed by atoms with van der Waals surface area (Å²) in [7, 11) is 1.46. The van der Waals surface area contributed by atoms with Gasteiger partial charge in [0.2, 0.25) is 0 Å². The number of hydrogen-bond donors (Lipinski definition) is 1. The molecule has 0 saturated heterocycles. The van der Waals surface area contributed by atoms with Crippen LogP contribution in [0.25, 0.3) is 0 Å². The zero-order chi connectivity index (χ0) is 69.7. The van der Waals surface area contributed by atoms with Crippen molar-refractivity contribution in [3.63, 3.8) is 0 Å². The summed E-state index contributed by atoms with van der Waals surface area (Å²) in [5.41, 5.74) is 0. The molecule has 0 aromatic carbocycles. The fourth-order valence-electron chi connectivity index (χ4n) is 10.1. The molecule has 0 aromatic heterocycles. The van der Waals surface area contributed by atoms with E-state index >= 15 is 0 Å². The minimum Gasteiger partial charge on any atom is -0.462 e. The van der Waals surface area contributed by atoms with Gasteiger partial charge >= 0.3 is 19.8 Å². The Bertz CT molecular complexity index is 2280. The van der Waals surface area contributed by atoms with Crippen molar-refractivity contribution < 1.29 is 42.1 Å². The summed E-state index contributed by atoms with van der Waals surface area (Å²) < 4.78 is 34.8. The van der Waals surface area contributed by atoms with Crippen LogP contribution in [-0.2, 0) is 32.7 Å². The van der Waals surface area contributed by atoms with Gasteiger partial charge in [0, 0.05) is 12.8 Å². The lowest BCUT2D eigenvalue weighted by Crippen LogP contribution is -2.37. The van der Waals surface area contributed by atoms with E-state index in [1.54, 1.807) is 0 Å². The SMILES string of the molecule is CC/C=C\C/C=C\C/C=C\C/C=C\C/C=C\C/C=C\C/C=C\C/C=C\CCCCCCCCCCCCCCC(=O)OC(COC(=O)CCCCCCCCCCCCCCC/C=C\C/C=C\C/C=C\C/C=C\C/C=C\C/C=C\C/C=C\CC)COP(=O)(O)OCC[N+](C)(C)C. The number of unbranched alkanes of at least 4 members (excludes halogenated alkanes) is 25. The second-order valence-electron chi connectivity index (χ2n) is 26.3. The fraction of sp³-hybridized carbons (Fsp3) is 0.628. The smallest absolute Gasteiger partial charge is 0.462 e. The number of nitrogens with zero attached hydrogens (tertiary/aromatic N) is 1. The van der Waals surface area contributed by atoms with E-state index in [2.05, 4.69) is 196 Å². The molecular formula is C86H143NO8P+. The second-order valence-corrected chi connectivity index (χ2v) is 27.7. The summed E-state index contributed by atoms with van der Waals surface area (Å²) in [4.78, 5) is 36.0. The first-order chi connectivity index (χ1) is 47.0. The van der Waals surface area contributed by atoms with Gasteiger partial charge in [-0.1, -0.05) is 331 Å². The van der Waals surface area contributed by atoms with Gasteiger partial charge in [0.25, 0.3) is 0 Å². The maximum absolute atomic E-state index is 12.9. The van der Waals surface area contributed by atoms with Crippen LogP contribution in [0.4, 0.5) is 0 Å². The van der Waals surface area contributed by atoms with Gasteiger partial charge < -0.3 is 18.9 Å². The van der Waals surface area contributed by atoms with E-state index < -0.39 is 26.5 Å². The number of esters is 2. The minimum absolute atomic E-state index is 0.0236. The van der Waals surface area contributed by atoms with E-state index in [-0.39, 0.29) is 32.0 Å². The van der Waals surface area contributed by atoms with Crippen molar-refractivity contribution in [2.24, 2.45) is 0 Å². The fourth-order valence-corrected chi connectivity index (χ4v) is 10.9. The Morgan fingerprint density at radius 1 is 0.323 bits per heavy atom. The zero-order valence-corrected chi connectivity index (χ0v) is 62.9. The number of carbonyl (C=O) groups is 2. The van der Waals surface area contributed by atoms with Gasteiger partial charge in [-0.05, 0) is 135 Å². The largest absolute Gasteiger partial charge is 0.472 e. The number of rotatable bonds is 69. The highest BCUT2D eigenvalue weighted by Crippen LogP contribution is 2.43. The summed E-state index contributed by atoms with van der Waals surface area (Å²) in [6.07, 6.45) is 114. The lowest BCUT2D eigenvalue weighted by atomic mass is 10.0. The van der Waals surface area contributed by atoms with E-state index in [4.69, 9.17) is 18.5 Å². The number of phosphoric ester groups is 1. The van der Waals surface area contributed by atoms with Crippen molar-refractivity contribution >= 4 is 19.8 Å². The molecule has 0 spiro atoms. The molecule has 10 heteroatoms. The molecule has 0 heterocycles. The van der Waals surface area contributed by atoms with Gasteiger partial charge in [-0.15, -0.1) is 0 Å². The first-order valence-electron chi connectivity index (χ1n) is 38.5. The van der Waals surface area contributed by atoms with Crippen molar-refractivity contribution in [1.82, 2.24) is 0 Å². The van der Waals surface area contributed by atoms with Gasteiger partial charge in [-0.2, -0.15) is 0 Å². The average Bonchev–Trinajstić information content (AvgIpc) is 2.72. The van der Waals surface area contributed by atoms with Crippen LogP contribution in [0.1, 0.15) is 296 Å². The molecule has 0 aliphatic heterocycles. The molecule has 0 aliphatic carbocycles. The van der Waals surface area contributed by atoms with Gasteiger partial charge in [0.15, 0.2) is 6.10 Å². The Balaban J connectivity index is 4.06. The number of ether oxygens (including phenoxy) is 2. The van der Waals surface area contributed by atoms with Gasteiger partial charge in [0.1, 0.15) is 19.8 Å². The van der Waals surface area contributed by atoms with Crippen LogP contribution in [0.5, 0.6) is 0 Å². The molecule has 9 nitrogen and oxygen atoms in total. The molecule has 0 bridgehead atoms. The van der Waals surface area contributed by atoms with Gasteiger partial charge in [0.05, 0.1) is 27.7 Å². The zero-order valence-electron chi connectivity index (χ0n) is 62.0. The maximum atomic E-state index is 12.9. The molecule has 1 N–H and O–H groups in total. The number of phosphoric acid groups is 1. The molecule has 96 heavy (non-hydrogen) atoms. The number of allylic oxidation sites excluding steroid dienone is 30. The highest BCUT2D eigenvalue weighted by atomic mass is 31.2. The number of hydrogen-bond acceptors (Lipinski definition) is 7. The first kappa shape index (κ1) is 91.1. The van der Waals surface area contributed by atoms with E-state index in [1.165, 1.54) is 128 Å². The highest BCUT2D eigenvalue weighted by Gasteiger charge is 2.27. The van der Waals surface area contributed by atoms with E-state index in [1.807, 2.05) is 21.1 Å². The Morgan fingerprint density at radius 2 is 0.562 bits per heavy atom. The second kappa shape index (κ2) is 74.3. The van der Waals surface area contributed by atoms with E-state index in [0.717, 1.165) is 135 Å². The third-order valence-electron chi connectivity index (χ3n) is 15.9. The quantitative estimate of drug-likeness (QED) is 0.0211. The first-order valence-corrected chi connectivity index (χ1v) is 40.0. The van der Waals surface area contributed by atoms with Crippen molar-refractivity contribution in [2.75, 3.05) is 47.5 Å². The van der Waals surface area contributed by atoms with E-state index in [9.17, 15) is 19.0 Å². The summed E-state index contributed by atoms with van der Waals surface area (Å²) in [6.45, 7) is 4.20. The van der Waals surface area contributed by atoms with Crippen molar-refractivity contribution in [3.05, 3.63) is 182 Å². The molecule has 2 atom stereocenters. The molecule has 0 fully saturated rings. The molecule has 544 valence electrons. The molecule has 0 radical (unpaired) electrons. The number of likely N-dealkylation sites (N-methyl/N-ethyl adjacent to an activating group) is 1. The van der Waals surface area contributed by atoms with Crippen LogP contribution >= 0.6 is 7.82 Å².